The molecule has 1 saturated heterocycles. The number of fused-ring (bicyclic) bond motifs is 1. The van der Waals surface area contributed by atoms with Crippen LogP contribution in [0, 0.1) is 0 Å². The number of anilines is 1. The Balaban J connectivity index is 1.38. The molecule has 0 bridgehead atoms. The molecule has 3 aromatic rings. The van der Waals surface area contributed by atoms with Gasteiger partial charge >= 0.3 is 12.1 Å². The maximum absolute atomic E-state index is 13.9. The molecule has 3 aromatic carbocycles. The predicted molar refractivity (Wildman–Crippen MR) is 187 cm³/mol. The number of carbonyl (C=O) groups is 4. The number of ether oxygens (including phenoxy) is 3. The maximum atomic E-state index is 13.9. The highest BCUT2D eigenvalue weighted by atomic mass is 32.2. The SMILES string of the molecule is COC1=C(C(=O)OC(c2ccccc2)c2ccccc2)N2C(=O)[C@@H](NC(=O)C(NC(=O)OC(C)(C)C)c3cccc(NS(C)(=O)=O)c3)[C@@H]2SC1. The van der Waals surface area contributed by atoms with Crippen LogP contribution >= 0.6 is 11.8 Å². The van der Waals surface area contributed by atoms with Gasteiger partial charge in [0.05, 0.1) is 19.1 Å². The second-order valence-corrected chi connectivity index (χ2v) is 15.4. The molecule has 0 spiro atoms. The van der Waals surface area contributed by atoms with E-state index in [-0.39, 0.29) is 28.5 Å². The Kier molecular flexibility index (Phi) is 10.8. The van der Waals surface area contributed by atoms with Gasteiger partial charge in [-0.1, -0.05) is 72.8 Å². The monoisotopic (exact) mass is 722 g/mol. The van der Waals surface area contributed by atoms with Gasteiger partial charge in [-0.25, -0.2) is 18.0 Å². The highest BCUT2D eigenvalue weighted by Crippen LogP contribution is 2.42. The van der Waals surface area contributed by atoms with Crippen molar-refractivity contribution in [2.45, 2.75) is 49.9 Å². The molecule has 3 atom stereocenters. The molecule has 50 heavy (non-hydrogen) atoms. The van der Waals surface area contributed by atoms with E-state index in [0.29, 0.717) is 0 Å². The largest absolute Gasteiger partial charge is 0.498 e. The van der Waals surface area contributed by atoms with E-state index in [1.54, 1.807) is 20.8 Å². The first-order valence-electron chi connectivity index (χ1n) is 15.6. The zero-order valence-corrected chi connectivity index (χ0v) is 29.7. The summed E-state index contributed by atoms with van der Waals surface area (Å²) in [6, 6.07) is 21.9. The molecule has 264 valence electrons. The van der Waals surface area contributed by atoms with Crippen molar-refractivity contribution in [3.05, 3.63) is 113 Å². The van der Waals surface area contributed by atoms with Crippen molar-refractivity contribution < 1.29 is 41.8 Å². The number of hydrogen-bond acceptors (Lipinski definition) is 10. The summed E-state index contributed by atoms with van der Waals surface area (Å²) in [4.78, 5) is 55.5. The lowest BCUT2D eigenvalue weighted by Crippen LogP contribution is -2.71. The van der Waals surface area contributed by atoms with E-state index < -0.39 is 63.1 Å². The number of sulfonamides is 1. The van der Waals surface area contributed by atoms with Gasteiger partial charge in [-0.2, -0.15) is 0 Å². The van der Waals surface area contributed by atoms with Crippen molar-refractivity contribution in [1.82, 2.24) is 15.5 Å². The number of thioether (sulfide) groups is 1. The van der Waals surface area contributed by atoms with Gasteiger partial charge in [0.2, 0.25) is 15.9 Å². The maximum Gasteiger partial charge on any atom is 0.408 e. The van der Waals surface area contributed by atoms with E-state index in [1.165, 1.54) is 48.0 Å². The summed E-state index contributed by atoms with van der Waals surface area (Å²) in [5, 5.41) is 4.55. The van der Waals surface area contributed by atoms with Crippen LogP contribution in [0.1, 0.15) is 49.6 Å². The Hall–Kier alpha value is -5.02. The van der Waals surface area contributed by atoms with Crippen LogP contribution < -0.4 is 15.4 Å². The third kappa shape index (κ3) is 8.58. The number of benzene rings is 3. The van der Waals surface area contributed by atoms with Crippen LogP contribution in [0.5, 0.6) is 0 Å². The summed E-state index contributed by atoms with van der Waals surface area (Å²) in [7, 11) is -2.25. The van der Waals surface area contributed by atoms with Gasteiger partial charge in [-0.15, -0.1) is 11.8 Å². The van der Waals surface area contributed by atoms with Gasteiger partial charge in [0.25, 0.3) is 5.91 Å². The average molecular weight is 723 g/mol. The first-order valence-corrected chi connectivity index (χ1v) is 18.5. The molecule has 15 heteroatoms. The molecule has 3 N–H and O–H groups in total. The minimum atomic E-state index is -3.65. The van der Waals surface area contributed by atoms with Gasteiger partial charge in [0.15, 0.2) is 11.8 Å². The normalized spacial score (nSPS) is 18.0. The molecule has 0 aliphatic carbocycles. The van der Waals surface area contributed by atoms with Crippen LogP contribution in [0.25, 0.3) is 0 Å². The topological polar surface area (TPSA) is 169 Å². The standard InChI is InChI=1S/C35H38N4O9S2/c1-35(2,3)48-34(43)37-26(23-17-12-18-24(19-23)38-50(5,44)45)30(40)36-27-31(41)39-28(25(46-4)20-49-32(27)39)33(42)47-29(21-13-8-6-9-14-21)22-15-10-7-11-16-22/h6-19,26-27,29,32,38H,20H2,1-5H3,(H,36,40)(H,37,43)/t26?,27-,32+/m1/s1. The molecule has 2 aliphatic rings. The van der Waals surface area contributed by atoms with Crippen molar-refractivity contribution in [3.8, 4) is 0 Å². The molecule has 5 rings (SSSR count). The Morgan fingerprint density at radius 2 is 1.52 bits per heavy atom. The Bertz CT molecular complexity index is 1860. The number of amides is 3. The van der Waals surface area contributed by atoms with E-state index in [9.17, 15) is 27.6 Å². The Morgan fingerprint density at radius 1 is 0.920 bits per heavy atom. The molecule has 13 nitrogen and oxygen atoms in total. The first kappa shape index (κ1) is 36.3. The van der Waals surface area contributed by atoms with E-state index >= 15 is 0 Å². The molecule has 3 amide bonds. The van der Waals surface area contributed by atoms with Gasteiger partial charge in [-0.3, -0.25) is 19.2 Å². The number of alkyl carbamates (subject to hydrolysis) is 1. The van der Waals surface area contributed by atoms with Gasteiger partial charge in [-0.05, 0) is 49.6 Å². The number of rotatable bonds is 11. The van der Waals surface area contributed by atoms with E-state index in [1.807, 2.05) is 60.7 Å². The molecule has 1 unspecified atom stereocenters. The lowest BCUT2D eigenvalue weighted by Gasteiger charge is -2.49. The molecular weight excluding hydrogens is 685 g/mol. The number of β-lactam (4-membered cyclic amide) rings is 1. The minimum Gasteiger partial charge on any atom is -0.498 e. The molecule has 2 heterocycles. The lowest BCUT2D eigenvalue weighted by molar-refractivity contribution is -0.155. The Labute approximate surface area is 294 Å². The van der Waals surface area contributed by atoms with Crippen molar-refractivity contribution in [2.24, 2.45) is 0 Å². The summed E-state index contributed by atoms with van der Waals surface area (Å²) in [6.07, 6.45) is -0.699. The zero-order chi connectivity index (χ0) is 36.2. The van der Waals surface area contributed by atoms with Crippen LogP contribution in [0.3, 0.4) is 0 Å². The highest BCUT2D eigenvalue weighted by molar-refractivity contribution is 8.00. The van der Waals surface area contributed by atoms with E-state index in [4.69, 9.17) is 14.2 Å². The fourth-order valence-electron chi connectivity index (χ4n) is 5.44. The summed E-state index contributed by atoms with van der Waals surface area (Å²) >= 11 is 1.28. The fourth-order valence-corrected chi connectivity index (χ4v) is 7.31. The Morgan fingerprint density at radius 3 is 2.08 bits per heavy atom. The second kappa shape index (κ2) is 14.8. The minimum absolute atomic E-state index is 0.0633. The highest BCUT2D eigenvalue weighted by Gasteiger charge is 2.55. The van der Waals surface area contributed by atoms with Crippen LogP contribution in [0.2, 0.25) is 0 Å². The van der Waals surface area contributed by atoms with Crippen LogP contribution in [-0.4, -0.2) is 73.3 Å². The first-order chi connectivity index (χ1) is 23.6. The molecule has 0 radical (unpaired) electrons. The second-order valence-electron chi connectivity index (χ2n) is 12.6. The van der Waals surface area contributed by atoms with Gasteiger partial charge in [0.1, 0.15) is 28.8 Å². The van der Waals surface area contributed by atoms with Crippen molar-refractivity contribution in [1.29, 1.82) is 0 Å². The smallest absolute Gasteiger partial charge is 0.408 e. The van der Waals surface area contributed by atoms with Crippen LogP contribution in [0.15, 0.2) is 96.4 Å². The fraction of sp³-hybridized carbons (Fsp3) is 0.314. The van der Waals surface area contributed by atoms with E-state index in [2.05, 4.69) is 15.4 Å². The van der Waals surface area contributed by atoms with Crippen molar-refractivity contribution in [3.63, 3.8) is 0 Å². The molecule has 0 saturated carbocycles. The summed E-state index contributed by atoms with van der Waals surface area (Å²) in [5.41, 5.74) is 0.893. The van der Waals surface area contributed by atoms with Crippen LogP contribution in [0.4, 0.5) is 10.5 Å². The number of carbonyl (C=O) groups excluding carboxylic acids is 4. The number of nitrogens with one attached hydrogen (secondary N) is 3. The average Bonchev–Trinajstić information content (AvgIpc) is 3.06. The molecular formula is C35H38N4O9S2. The van der Waals surface area contributed by atoms with E-state index in [0.717, 1.165) is 17.4 Å². The third-order valence-corrected chi connectivity index (χ3v) is 9.41. The summed E-state index contributed by atoms with van der Waals surface area (Å²) < 4.78 is 43.0. The number of hydrogen-bond donors (Lipinski definition) is 3. The zero-order valence-electron chi connectivity index (χ0n) is 28.0. The van der Waals surface area contributed by atoms with Crippen LogP contribution in [-0.2, 0) is 38.6 Å². The predicted octanol–water partition coefficient (Wildman–Crippen LogP) is 4.21. The molecule has 0 aromatic heterocycles. The van der Waals surface area contributed by atoms with Gasteiger partial charge < -0.3 is 24.8 Å². The molecule has 1 fully saturated rings. The quantitative estimate of drug-likeness (QED) is 0.193. The van der Waals surface area contributed by atoms with Crippen molar-refractivity contribution in [2.75, 3.05) is 23.8 Å². The van der Waals surface area contributed by atoms with Crippen molar-refractivity contribution >= 4 is 51.3 Å². The molecule has 2 aliphatic heterocycles. The number of esters is 1. The summed E-state index contributed by atoms with van der Waals surface area (Å²) in [6.45, 7) is 4.98. The number of methoxy groups -OCH3 is 1. The lowest BCUT2D eigenvalue weighted by atomic mass is 10.0. The summed E-state index contributed by atoms with van der Waals surface area (Å²) in [5.74, 6) is -1.67. The third-order valence-electron chi connectivity index (χ3n) is 7.55. The van der Waals surface area contributed by atoms with Gasteiger partial charge in [0, 0.05) is 5.69 Å². The number of nitrogens with zero attached hydrogens (tertiary/aromatic N) is 1.